The molecule has 1 atom stereocenters. The van der Waals surface area contributed by atoms with Crippen molar-refractivity contribution in [3.8, 4) is 0 Å². The minimum atomic E-state index is -0.734. The van der Waals surface area contributed by atoms with Gasteiger partial charge in [-0.05, 0) is 37.5 Å². The third kappa shape index (κ3) is 3.72. The van der Waals surface area contributed by atoms with Gasteiger partial charge in [0.1, 0.15) is 11.0 Å². The Balaban J connectivity index is 1.41. The maximum absolute atomic E-state index is 12.9. The number of aromatic amines is 1. The second-order valence-electron chi connectivity index (χ2n) is 7.29. The summed E-state index contributed by atoms with van der Waals surface area (Å²) in [5.74, 6) is -0.00878. The van der Waals surface area contributed by atoms with Gasteiger partial charge in [0.2, 0.25) is 0 Å². The normalized spacial score (nSPS) is 25.3. The molecule has 2 aliphatic heterocycles. The molecule has 0 spiro atoms. The number of hydrogen-bond acceptors (Lipinski definition) is 6. The zero-order valence-electron chi connectivity index (χ0n) is 14.9. The standard InChI is InChI=1S/C18H25N5O3/c24-17(14-2-3-15-16(12-14)20-21-19-15)23-6-1-4-18(25,5-7-23)13-22-8-10-26-11-9-22/h2-3,12,25H,1,4-11,13H2,(H,19,20,21)/t18-/m0/s1. The summed E-state index contributed by atoms with van der Waals surface area (Å²) in [4.78, 5) is 17.0. The van der Waals surface area contributed by atoms with Crippen LogP contribution in [0.25, 0.3) is 11.0 Å². The molecule has 2 fully saturated rings. The number of ether oxygens (including phenoxy) is 1. The fraction of sp³-hybridized carbons (Fsp3) is 0.611. The number of hydrogen-bond donors (Lipinski definition) is 2. The van der Waals surface area contributed by atoms with Crippen molar-refractivity contribution < 1.29 is 14.6 Å². The number of nitrogens with one attached hydrogen (secondary N) is 1. The number of nitrogens with zero attached hydrogens (tertiary/aromatic N) is 4. The van der Waals surface area contributed by atoms with E-state index in [0.717, 1.165) is 44.7 Å². The number of likely N-dealkylation sites (tertiary alicyclic amines) is 1. The molecule has 1 aromatic heterocycles. The van der Waals surface area contributed by atoms with Crippen LogP contribution < -0.4 is 0 Å². The van der Waals surface area contributed by atoms with Crippen molar-refractivity contribution in [3.05, 3.63) is 23.8 Å². The van der Waals surface area contributed by atoms with Crippen LogP contribution in [-0.2, 0) is 4.74 Å². The van der Waals surface area contributed by atoms with Gasteiger partial charge in [-0.1, -0.05) is 0 Å². The number of morpholine rings is 1. The highest BCUT2D eigenvalue weighted by Crippen LogP contribution is 2.25. The van der Waals surface area contributed by atoms with Gasteiger partial charge in [0, 0.05) is 38.3 Å². The first-order valence-corrected chi connectivity index (χ1v) is 9.25. The van der Waals surface area contributed by atoms with Crippen molar-refractivity contribution >= 4 is 16.9 Å². The Bertz CT molecular complexity index is 773. The van der Waals surface area contributed by atoms with Crippen LogP contribution in [0.2, 0.25) is 0 Å². The van der Waals surface area contributed by atoms with Crippen molar-refractivity contribution in [1.29, 1.82) is 0 Å². The maximum Gasteiger partial charge on any atom is 0.253 e. The van der Waals surface area contributed by atoms with Crippen molar-refractivity contribution in [2.45, 2.75) is 24.9 Å². The summed E-state index contributed by atoms with van der Waals surface area (Å²) in [7, 11) is 0. The molecule has 26 heavy (non-hydrogen) atoms. The van der Waals surface area contributed by atoms with Gasteiger partial charge in [0.05, 0.1) is 18.8 Å². The molecule has 8 nitrogen and oxygen atoms in total. The monoisotopic (exact) mass is 359 g/mol. The molecule has 0 saturated carbocycles. The summed E-state index contributed by atoms with van der Waals surface area (Å²) in [6, 6.07) is 5.36. The molecule has 2 aromatic rings. The second kappa shape index (κ2) is 7.30. The summed E-state index contributed by atoms with van der Waals surface area (Å²) in [5.41, 5.74) is 1.32. The van der Waals surface area contributed by atoms with E-state index in [2.05, 4.69) is 20.3 Å². The van der Waals surface area contributed by atoms with E-state index in [1.54, 1.807) is 18.2 Å². The first-order chi connectivity index (χ1) is 12.6. The van der Waals surface area contributed by atoms with Crippen LogP contribution in [0.4, 0.5) is 0 Å². The maximum atomic E-state index is 12.9. The van der Waals surface area contributed by atoms with Crippen LogP contribution in [0.5, 0.6) is 0 Å². The smallest absolute Gasteiger partial charge is 0.253 e. The molecule has 140 valence electrons. The first kappa shape index (κ1) is 17.4. The molecule has 0 bridgehead atoms. The largest absolute Gasteiger partial charge is 0.388 e. The molecule has 0 unspecified atom stereocenters. The molecule has 2 N–H and O–H groups in total. The van der Waals surface area contributed by atoms with Gasteiger partial charge in [-0.3, -0.25) is 9.69 Å². The number of rotatable bonds is 3. The van der Waals surface area contributed by atoms with E-state index in [1.807, 2.05) is 4.90 Å². The molecule has 3 heterocycles. The average molecular weight is 359 g/mol. The lowest BCUT2D eigenvalue weighted by molar-refractivity contribution is -0.0389. The summed E-state index contributed by atoms with van der Waals surface area (Å²) >= 11 is 0. The second-order valence-corrected chi connectivity index (χ2v) is 7.29. The van der Waals surface area contributed by atoms with E-state index >= 15 is 0 Å². The number of carbonyl (C=O) groups is 1. The van der Waals surface area contributed by atoms with E-state index in [9.17, 15) is 9.90 Å². The van der Waals surface area contributed by atoms with Crippen LogP contribution in [0.15, 0.2) is 18.2 Å². The van der Waals surface area contributed by atoms with E-state index in [-0.39, 0.29) is 5.91 Å². The number of carbonyl (C=O) groups excluding carboxylic acids is 1. The van der Waals surface area contributed by atoms with E-state index in [4.69, 9.17) is 4.74 Å². The number of amides is 1. The predicted molar refractivity (Wildman–Crippen MR) is 95.9 cm³/mol. The Morgan fingerprint density at radius 3 is 2.81 bits per heavy atom. The van der Waals surface area contributed by atoms with Crippen molar-refractivity contribution in [3.63, 3.8) is 0 Å². The van der Waals surface area contributed by atoms with Crippen LogP contribution in [0, 0.1) is 0 Å². The molecule has 0 radical (unpaired) electrons. The number of fused-ring (bicyclic) bond motifs is 1. The number of benzene rings is 1. The number of aromatic nitrogens is 3. The van der Waals surface area contributed by atoms with Crippen molar-refractivity contribution in [2.75, 3.05) is 45.9 Å². The minimum absolute atomic E-state index is 0.00878. The van der Waals surface area contributed by atoms with E-state index in [1.165, 1.54) is 0 Å². The van der Waals surface area contributed by atoms with Crippen LogP contribution in [-0.4, -0.2) is 87.8 Å². The van der Waals surface area contributed by atoms with E-state index in [0.29, 0.717) is 37.1 Å². The summed E-state index contributed by atoms with van der Waals surface area (Å²) in [6.45, 7) is 5.07. The SMILES string of the molecule is O=C(c1ccc2n[nH]nc2c1)N1CCC[C@@](O)(CN2CCOCC2)CC1. The van der Waals surface area contributed by atoms with E-state index < -0.39 is 5.60 Å². The Kier molecular flexibility index (Phi) is 4.88. The van der Waals surface area contributed by atoms with Gasteiger partial charge in [-0.25, -0.2) is 0 Å². The molecule has 1 aromatic carbocycles. The molecule has 2 aliphatic rings. The van der Waals surface area contributed by atoms with Crippen LogP contribution >= 0.6 is 0 Å². The fourth-order valence-corrected chi connectivity index (χ4v) is 3.87. The Morgan fingerprint density at radius 1 is 1.15 bits per heavy atom. The van der Waals surface area contributed by atoms with Gasteiger partial charge >= 0.3 is 0 Å². The Morgan fingerprint density at radius 2 is 1.96 bits per heavy atom. The lowest BCUT2D eigenvalue weighted by Crippen LogP contribution is -2.48. The van der Waals surface area contributed by atoms with Gasteiger partial charge in [-0.2, -0.15) is 15.4 Å². The summed E-state index contributed by atoms with van der Waals surface area (Å²) in [6.07, 6.45) is 2.12. The molecular weight excluding hydrogens is 334 g/mol. The van der Waals surface area contributed by atoms with Crippen molar-refractivity contribution in [2.24, 2.45) is 0 Å². The number of aliphatic hydroxyl groups is 1. The van der Waals surface area contributed by atoms with Gasteiger partial charge in [-0.15, -0.1) is 0 Å². The van der Waals surface area contributed by atoms with Crippen LogP contribution in [0.3, 0.4) is 0 Å². The Hall–Kier alpha value is -2.03. The van der Waals surface area contributed by atoms with Crippen LogP contribution in [0.1, 0.15) is 29.6 Å². The Labute approximate surface area is 152 Å². The third-order valence-electron chi connectivity index (χ3n) is 5.39. The zero-order valence-corrected chi connectivity index (χ0v) is 14.9. The molecule has 2 saturated heterocycles. The van der Waals surface area contributed by atoms with Gasteiger partial charge < -0.3 is 14.7 Å². The summed E-state index contributed by atoms with van der Waals surface area (Å²) < 4.78 is 5.38. The highest BCUT2D eigenvalue weighted by atomic mass is 16.5. The third-order valence-corrected chi connectivity index (χ3v) is 5.39. The zero-order chi connectivity index (χ0) is 18.0. The molecule has 0 aliphatic carbocycles. The van der Waals surface area contributed by atoms with Crippen molar-refractivity contribution in [1.82, 2.24) is 25.2 Å². The highest BCUT2D eigenvalue weighted by molar-refractivity contribution is 5.97. The molecule has 4 rings (SSSR count). The fourth-order valence-electron chi connectivity index (χ4n) is 3.87. The molecule has 1 amide bonds. The first-order valence-electron chi connectivity index (χ1n) is 9.25. The van der Waals surface area contributed by atoms with Gasteiger partial charge in [0.15, 0.2) is 0 Å². The number of H-pyrrole nitrogens is 1. The average Bonchev–Trinajstić information content (AvgIpc) is 3.04. The molecule has 8 heteroatoms. The minimum Gasteiger partial charge on any atom is -0.388 e. The lowest BCUT2D eigenvalue weighted by Gasteiger charge is -2.35. The summed E-state index contributed by atoms with van der Waals surface area (Å²) in [5, 5.41) is 21.7. The molecular formula is C18H25N5O3. The quantitative estimate of drug-likeness (QED) is 0.836. The number of β-amino-alcohol motifs (C(OH)–C–C–N with tert-alkyl or cyclic N) is 1. The lowest BCUT2D eigenvalue weighted by atomic mass is 9.94. The highest BCUT2D eigenvalue weighted by Gasteiger charge is 2.34. The van der Waals surface area contributed by atoms with Gasteiger partial charge in [0.25, 0.3) is 5.91 Å². The predicted octanol–water partition coefficient (Wildman–Crippen LogP) is 0.647. The topological polar surface area (TPSA) is 94.6 Å².